The number of rotatable bonds is 6. The predicted molar refractivity (Wildman–Crippen MR) is 115 cm³/mol. The van der Waals surface area contributed by atoms with Crippen molar-refractivity contribution < 1.29 is 9.90 Å². The number of para-hydroxylation sites is 2. The summed E-state index contributed by atoms with van der Waals surface area (Å²) in [7, 11) is 0. The zero-order chi connectivity index (χ0) is 19.4. The Morgan fingerprint density at radius 1 is 1.37 bits per heavy atom. The van der Waals surface area contributed by atoms with Gasteiger partial charge in [0.05, 0.1) is 27.5 Å². The molecule has 2 aromatic carbocycles. The van der Waals surface area contributed by atoms with Crippen LogP contribution in [0.25, 0.3) is 11.0 Å². The van der Waals surface area contributed by atoms with E-state index in [4.69, 9.17) is 0 Å². The van der Waals surface area contributed by atoms with Gasteiger partial charge in [-0.3, -0.25) is 4.79 Å². The molecule has 0 aliphatic rings. The monoisotopic (exact) mass is 510 g/mol. The maximum absolute atomic E-state index is 12.1. The van der Waals surface area contributed by atoms with E-state index >= 15 is 0 Å². The maximum atomic E-state index is 12.1. The molecule has 0 spiro atoms. The first kappa shape index (κ1) is 19.9. The first-order valence-electron chi connectivity index (χ1n) is 8.07. The standard InChI is InChI=1S/C18H16Br2N4O2S/c1-2-24-15-6-4-3-5-14(15)22-18(24)27-10-16(25)23-21-9-11-7-12(19)8-13(20)17(11)26/h3-9,26H,2,10H2,1H3,(H,23,25). The number of phenols is 1. The number of amides is 1. The lowest BCUT2D eigenvalue weighted by atomic mass is 10.2. The van der Waals surface area contributed by atoms with Crippen LogP contribution in [0.3, 0.4) is 0 Å². The van der Waals surface area contributed by atoms with E-state index in [2.05, 4.69) is 51.9 Å². The van der Waals surface area contributed by atoms with Crippen LogP contribution < -0.4 is 5.43 Å². The van der Waals surface area contributed by atoms with Crippen LogP contribution in [0, 0.1) is 0 Å². The minimum absolute atomic E-state index is 0.0576. The Kier molecular flexibility index (Phi) is 6.56. The molecule has 9 heteroatoms. The molecule has 1 heterocycles. The number of nitrogens with one attached hydrogen (secondary N) is 1. The van der Waals surface area contributed by atoms with Gasteiger partial charge in [0, 0.05) is 16.6 Å². The quantitative estimate of drug-likeness (QED) is 0.289. The summed E-state index contributed by atoms with van der Waals surface area (Å²) in [6, 6.07) is 11.3. The number of nitrogens with zero attached hydrogens (tertiary/aromatic N) is 3. The summed E-state index contributed by atoms with van der Waals surface area (Å²) in [6.07, 6.45) is 1.40. The number of aromatic nitrogens is 2. The first-order chi connectivity index (χ1) is 13.0. The molecule has 1 amide bonds. The number of benzene rings is 2. The van der Waals surface area contributed by atoms with Gasteiger partial charge >= 0.3 is 0 Å². The fraction of sp³-hybridized carbons (Fsp3) is 0.167. The molecule has 0 radical (unpaired) electrons. The smallest absolute Gasteiger partial charge is 0.250 e. The number of thioether (sulfide) groups is 1. The van der Waals surface area contributed by atoms with Crippen molar-refractivity contribution in [2.24, 2.45) is 5.10 Å². The Bertz CT molecular complexity index is 1020. The molecule has 140 valence electrons. The van der Waals surface area contributed by atoms with Gasteiger partial charge in [-0.2, -0.15) is 5.10 Å². The van der Waals surface area contributed by atoms with Crippen molar-refractivity contribution in [3.8, 4) is 5.75 Å². The van der Waals surface area contributed by atoms with E-state index in [1.807, 2.05) is 31.2 Å². The molecule has 0 bridgehead atoms. The summed E-state index contributed by atoms with van der Waals surface area (Å²) < 4.78 is 3.40. The number of carbonyl (C=O) groups is 1. The Hall–Kier alpha value is -1.84. The largest absolute Gasteiger partial charge is 0.506 e. The van der Waals surface area contributed by atoms with Crippen LogP contribution in [-0.2, 0) is 11.3 Å². The fourth-order valence-corrected chi connectivity index (χ4v) is 4.62. The van der Waals surface area contributed by atoms with E-state index in [1.165, 1.54) is 18.0 Å². The number of hydrogen-bond donors (Lipinski definition) is 2. The van der Waals surface area contributed by atoms with Gasteiger partial charge in [0.25, 0.3) is 5.91 Å². The molecule has 27 heavy (non-hydrogen) atoms. The molecule has 0 saturated heterocycles. The van der Waals surface area contributed by atoms with Crippen molar-refractivity contribution in [2.45, 2.75) is 18.6 Å². The highest BCUT2D eigenvalue weighted by Crippen LogP contribution is 2.30. The fourth-order valence-electron chi connectivity index (χ4n) is 2.49. The van der Waals surface area contributed by atoms with E-state index in [1.54, 1.807) is 12.1 Å². The van der Waals surface area contributed by atoms with E-state index < -0.39 is 0 Å². The second-order valence-electron chi connectivity index (χ2n) is 5.53. The number of phenolic OH excluding ortho intramolecular Hbond substituents is 1. The van der Waals surface area contributed by atoms with Gasteiger partial charge in [0.15, 0.2) is 5.16 Å². The van der Waals surface area contributed by atoms with Crippen LogP contribution in [0.4, 0.5) is 0 Å². The van der Waals surface area contributed by atoms with Crippen molar-refractivity contribution in [3.63, 3.8) is 0 Å². The average Bonchev–Trinajstić information content (AvgIpc) is 3.01. The van der Waals surface area contributed by atoms with Crippen LogP contribution >= 0.6 is 43.6 Å². The van der Waals surface area contributed by atoms with Crippen LogP contribution in [0.5, 0.6) is 5.75 Å². The predicted octanol–water partition coefficient (Wildman–Crippen LogP) is 4.53. The third kappa shape index (κ3) is 4.72. The minimum atomic E-state index is -0.250. The summed E-state index contributed by atoms with van der Waals surface area (Å²) in [6.45, 7) is 2.82. The zero-order valence-corrected chi connectivity index (χ0v) is 18.3. The first-order valence-corrected chi connectivity index (χ1v) is 10.6. The number of aryl methyl sites for hydroxylation is 1. The van der Waals surface area contributed by atoms with Gasteiger partial charge in [-0.25, -0.2) is 10.4 Å². The van der Waals surface area contributed by atoms with E-state index in [9.17, 15) is 9.90 Å². The Balaban J connectivity index is 1.62. The van der Waals surface area contributed by atoms with Crippen molar-refractivity contribution in [1.82, 2.24) is 15.0 Å². The molecule has 6 nitrogen and oxygen atoms in total. The SMILES string of the molecule is CCn1c(SCC(=O)NN=Cc2cc(Br)cc(Br)c2O)nc2ccccc21. The molecule has 0 aliphatic carbocycles. The lowest BCUT2D eigenvalue weighted by Gasteiger charge is -2.05. The number of carbonyl (C=O) groups excluding carboxylic acids is 1. The van der Waals surface area contributed by atoms with Crippen molar-refractivity contribution in [3.05, 3.63) is 50.9 Å². The topological polar surface area (TPSA) is 79.5 Å². The number of aromatic hydroxyl groups is 1. The van der Waals surface area contributed by atoms with Crippen LogP contribution in [0.15, 0.2) is 55.6 Å². The summed E-state index contributed by atoms with van der Waals surface area (Å²) in [5.74, 6) is -0.00352. The summed E-state index contributed by atoms with van der Waals surface area (Å²) >= 11 is 7.96. The molecular weight excluding hydrogens is 496 g/mol. The second kappa shape index (κ2) is 8.90. The molecule has 3 rings (SSSR count). The van der Waals surface area contributed by atoms with Crippen molar-refractivity contribution >= 4 is 66.8 Å². The van der Waals surface area contributed by atoms with Crippen molar-refractivity contribution in [1.29, 1.82) is 0 Å². The molecular formula is C18H16Br2N4O2S. The van der Waals surface area contributed by atoms with Gasteiger partial charge < -0.3 is 9.67 Å². The van der Waals surface area contributed by atoms with Crippen LogP contribution in [0.1, 0.15) is 12.5 Å². The van der Waals surface area contributed by atoms with Crippen LogP contribution in [0.2, 0.25) is 0 Å². The van der Waals surface area contributed by atoms with Gasteiger partial charge in [-0.05, 0) is 47.1 Å². The molecule has 3 aromatic rings. The third-order valence-electron chi connectivity index (χ3n) is 3.72. The average molecular weight is 512 g/mol. The Morgan fingerprint density at radius 2 is 2.15 bits per heavy atom. The lowest BCUT2D eigenvalue weighted by molar-refractivity contribution is -0.118. The van der Waals surface area contributed by atoms with Gasteiger partial charge in [-0.15, -0.1) is 0 Å². The van der Waals surface area contributed by atoms with Crippen LogP contribution in [-0.4, -0.2) is 32.5 Å². The number of fused-ring (bicyclic) bond motifs is 1. The highest BCUT2D eigenvalue weighted by molar-refractivity contribution is 9.11. The van der Waals surface area contributed by atoms with E-state index in [-0.39, 0.29) is 17.4 Å². The van der Waals surface area contributed by atoms with Gasteiger partial charge in [0.2, 0.25) is 0 Å². The lowest BCUT2D eigenvalue weighted by Crippen LogP contribution is -2.20. The van der Waals surface area contributed by atoms with E-state index in [0.717, 1.165) is 27.2 Å². The molecule has 0 unspecified atom stereocenters. The molecule has 0 atom stereocenters. The van der Waals surface area contributed by atoms with Crippen molar-refractivity contribution in [2.75, 3.05) is 5.75 Å². The number of halogens is 2. The molecule has 0 saturated carbocycles. The molecule has 0 fully saturated rings. The number of hydrogen-bond acceptors (Lipinski definition) is 5. The second-order valence-corrected chi connectivity index (χ2v) is 8.25. The highest BCUT2D eigenvalue weighted by Gasteiger charge is 2.11. The summed E-state index contributed by atoms with van der Waals surface area (Å²) in [4.78, 5) is 16.7. The Labute approximate surface area is 177 Å². The maximum Gasteiger partial charge on any atom is 0.250 e. The third-order valence-corrected chi connectivity index (χ3v) is 5.76. The summed E-state index contributed by atoms with van der Waals surface area (Å²) in [5, 5.41) is 14.7. The number of imidazole rings is 1. The van der Waals surface area contributed by atoms with Gasteiger partial charge in [-0.1, -0.05) is 39.8 Å². The molecule has 2 N–H and O–H groups in total. The Morgan fingerprint density at radius 3 is 2.93 bits per heavy atom. The number of hydrazone groups is 1. The minimum Gasteiger partial charge on any atom is -0.506 e. The highest BCUT2D eigenvalue weighted by atomic mass is 79.9. The normalized spacial score (nSPS) is 11.4. The van der Waals surface area contributed by atoms with Gasteiger partial charge in [0.1, 0.15) is 5.75 Å². The molecule has 1 aromatic heterocycles. The summed E-state index contributed by atoms with van der Waals surface area (Å²) in [5.41, 5.74) is 4.92. The molecule has 0 aliphatic heterocycles. The van der Waals surface area contributed by atoms with E-state index in [0.29, 0.717) is 10.0 Å². The zero-order valence-electron chi connectivity index (χ0n) is 14.3.